The minimum absolute atomic E-state index is 0.111. The lowest BCUT2D eigenvalue weighted by Gasteiger charge is -2.15. The summed E-state index contributed by atoms with van der Waals surface area (Å²) < 4.78 is 5.10. The Hall–Kier alpha value is -0.480. The molecule has 0 aliphatic heterocycles. The molecule has 1 aromatic rings. The number of hydrogen-bond acceptors (Lipinski definition) is 2. The quantitative estimate of drug-likeness (QED) is 0.843. The van der Waals surface area contributed by atoms with Crippen LogP contribution in [0.5, 0.6) is 0 Å². The topological polar surface area (TPSA) is 46.5 Å². The molecule has 0 bridgehead atoms. The van der Waals surface area contributed by atoms with Crippen LogP contribution in [0.4, 0.5) is 0 Å². The van der Waals surface area contributed by atoms with Gasteiger partial charge in [0.05, 0.1) is 6.61 Å². The Bertz CT molecular complexity index is 361. The lowest BCUT2D eigenvalue weighted by molar-refractivity contribution is -0.150. The third-order valence-electron chi connectivity index (χ3n) is 1.85. The van der Waals surface area contributed by atoms with Gasteiger partial charge in [-0.1, -0.05) is 29.3 Å². The third-order valence-corrected chi connectivity index (χ3v) is 2.66. The molecule has 0 fully saturated rings. The van der Waals surface area contributed by atoms with Crippen LogP contribution in [-0.4, -0.2) is 23.6 Å². The van der Waals surface area contributed by atoms with E-state index < -0.39 is 12.1 Å². The molecule has 0 aliphatic carbocycles. The van der Waals surface area contributed by atoms with Crippen LogP contribution in [0.25, 0.3) is 0 Å². The number of ether oxygens (including phenoxy) is 1. The second kappa shape index (κ2) is 6.30. The van der Waals surface area contributed by atoms with Crippen LogP contribution in [0.3, 0.4) is 0 Å². The Morgan fingerprint density at radius 2 is 1.94 bits per heavy atom. The highest BCUT2D eigenvalue weighted by molar-refractivity contribution is 6.36. The number of carboxylic acid groups (broad SMARTS) is 1. The Kier molecular flexibility index (Phi) is 5.35. The predicted octanol–water partition coefficient (Wildman–Crippen LogP) is 3.37. The average Bonchev–Trinajstić information content (AvgIpc) is 2.21. The summed E-state index contributed by atoms with van der Waals surface area (Å²) >= 11 is 17.2. The molecule has 0 saturated heterocycles. The molecule has 1 rings (SSSR count). The molecular formula is C10H9Cl3O3. The van der Waals surface area contributed by atoms with Crippen LogP contribution in [0, 0.1) is 0 Å². The van der Waals surface area contributed by atoms with E-state index >= 15 is 0 Å². The van der Waals surface area contributed by atoms with E-state index in [0.29, 0.717) is 0 Å². The van der Waals surface area contributed by atoms with Gasteiger partial charge in [0.1, 0.15) is 0 Å². The smallest absolute Gasteiger partial charge is 0.337 e. The SMILES string of the molecule is O=C(O)C(OCCCl)c1c(Cl)cccc1Cl. The highest BCUT2D eigenvalue weighted by Crippen LogP contribution is 2.32. The van der Waals surface area contributed by atoms with Gasteiger partial charge < -0.3 is 9.84 Å². The number of benzene rings is 1. The average molecular weight is 284 g/mol. The number of carboxylic acids is 1. The molecule has 1 aromatic carbocycles. The number of halogens is 3. The Morgan fingerprint density at radius 1 is 1.38 bits per heavy atom. The number of carbonyl (C=O) groups is 1. The van der Waals surface area contributed by atoms with Crippen LogP contribution in [0.2, 0.25) is 10.0 Å². The first kappa shape index (κ1) is 13.6. The zero-order valence-electron chi connectivity index (χ0n) is 8.12. The molecule has 0 aliphatic rings. The van der Waals surface area contributed by atoms with Gasteiger partial charge in [0.25, 0.3) is 0 Å². The van der Waals surface area contributed by atoms with Crippen molar-refractivity contribution in [3.63, 3.8) is 0 Å². The first-order valence-corrected chi connectivity index (χ1v) is 5.71. The standard InChI is InChI=1S/C10H9Cl3O3/c11-4-5-16-9(10(14)15)8-6(12)2-1-3-7(8)13/h1-3,9H,4-5H2,(H,14,15). The summed E-state index contributed by atoms with van der Waals surface area (Å²) in [5.74, 6) is -0.952. The second-order valence-electron chi connectivity index (χ2n) is 2.91. The van der Waals surface area contributed by atoms with E-state index in [2.05, 4.69) is 0 Å². The van der Waals surface area contributed by atoms with Gasteiger partial charge in [-0.3, -0.25) is 0 Å². The molecule has 0 amide bonds. The van der Waals surface area contributed by atoms with Crippen LogP contribution in [-0.2, 0) is 9.53 Å². The van der Waals surface area contributed by atoms with Crippen molar-refractivity contribution < 1.29 is 14.6 Å². The lowest BCUT2D eigenvalue weighted by Crippen LogP contribution is -2.17. The van der Waals surface area contributed by atoms with Crippen molar-refractivity contribution in [2.24, 2.45) is 0 Å². The van der Waals surface area contributed by atoms with Crippen LogP contribution in [0.15, 0.2) is 18.2 Å². The minimum atomic E-state index is -1.19. The van der Waals surface area contributed by atoms with Crippen molar-refractivity contribution in [3.8, 4) is 0 Å². The van der Waals surface area contributed by atoms with Gasteiger partial charge in [-0.25, -0.2) is 4.79 Å². The lowest BCUT2D eigenvalue weighted by atomic mass is 10.1. The number of aliphatic carboxylic acids is 1. The van der Waals surface area contributed by atoms with E-state index in [1.54, 1.807) is 18.2 Å². The van der Waals surface area contributed by atoms with E-state index in [1.165, 1.54) is 0 Å². The van der Waals surface area contributed by atoms with E-state index in [1.807, 2.05) is 0 Å². The fourth-order valence-electron chi connectivity index (χ4n) is 1.20. The van der Waals surface area contributed by atoms with Crippen molar-refractivity contribution in [2.75, 3.05) is 12.5 Å². The van der Waals surface area contributed by atoms with Crippen molar-refractivity contribution >= 4 is 40.8 Å². The van der Waals surface area contributed by atoms with Gasteiger partial charge in [0.2, 0.25) is 0 Å². The molecule has 0 spiro atoms. The molecular weight excluding hydrogens is 274 g/mol. The summed E-state index contributed by atoms with van der Waals surface area (Å²) in [6, 6.07) is 4.75. The first-order valence-electron chi connectivity index (χ1n) is 4.42. The van der Waals surface area contributed by atoms with Crippen molar-refractivity contribution in [1.29, 1.82) is 0 Å². The highest BCUT2D eigenvalue weighted by atomic mass is 35.5. The van der Waals surface area contributed by atoms with Crippen molar-refractivity contribution in [2.45, 2.75) is 6.10 Å². The molecule has 0 heterocycles. The molecule has 0 saturated carbocycles. The summed E-state index contributed by atoms with van der Waals surface area (Å²) in [6.45, 7) is 0.111. The van der Waals surface area contributed by atoms with Gasteiger partial charge in [0.15, 0.2) is 6.10 Å². The summed E-state index contributed by atoms with van der Waals surface area (Å²) in [7, 11) is 0. The Morgan fingerprint density at radius 3 is 2.38 bits per heavy atom. The molecule has 6 heteroatoms. The first-order chi connectivity index (χ1) is 7.57. The molecule has 16 heavy (non-hydrogen) atoms. The van der Waals surface area contributed by atoms with Gasteiger partial charge in [-0.15, -0.1) is 11.6 Å². The van der Waals surface area contributed by atoms with Crippen LogP contribution in [0.1, 0.15) is 11.7 Å². The minimum Gasteiger partial charge on any atom is -0.479 e. The monoisotopic (exact) mass is 282 g/mol. The van der Waals surface area contributed by atoms with Gasteiger partial charge in [-0.2, -0.15) is 0 Å². The summed E-state index contributed by atoms with van der Waals surface area (Å²) in [4.78, 5) is 11.0. The molecule has 3 nitrogen and oxygen atoms in total. The maximum atomic E-state index is 11.0. The fourth-order valence-corrected chi connectivity index (χ4v) is 1.89. The normalized spacial score (nSPS) is 12.4. The molecule has 0 aromatic heterocycles. The van der Waals surface area contributed by atoms with Gasteiger partial charge >= 0.3 is 5.97 Å². The fraction of sp³-hybridized carbons (Fsp3) is 0.300. The van der Waals surface area contributed by atoms with Gasteiger partial charge in [0, 0.05) is 21.5 Å². The zero-order valence-corrected chi connectivity index (χ0v) is 10.4. The second-order valence-corrected chi connectivity index (χ2v) is 4.11. The van der Waals surface area contributed by atoms with Gasteiger partial charge in [-0.05, 0) is 12.1 Å². The number of rotatable bonds is 5. The largest absolute Gasteiger partial charge is 0.479 e. The third kappa shape index (κ3) is 3.25. The van der Waals surface area contributed by atoms with Crippen LogP contribution < -0.4 is 0 Å². The zero-order chi connectivity index (χ0) is 12.1. The van der Waals surface area contributed by atoms with Crippen LogP contribution >= 0.6 is 34.8 Å². The molecule has 1 unspecified atom stereocenters. The molecule has 88 valence electrons. The Balaban J connectivity index is 3.05. The maximum Gasteiger partial charge on any atom is 0.337 e. The summed E-state index contributed by atoms with van der Waals surface area (Å²) in [5.41, 5.74) is 0.253. The Labute approximate surface area is 108 Å². The van der Waals surface area contributed by atoms with Crippen molar-refractivity contribution in [3.05, 3.63) is 33.8 Å². The van der Waals surface area contributed by atoms with E-state index in [0.717, 1.165) is 0 Å². The van der Waals surface area contributed by atoms with Crippen molar-refractivity contribution in [1.82, 2.24) is 0 Å². The maximum absolute atomic E-state index is 11.0. The summed E-state index contributed by atoms with van der Waals surface area (Å²) in [5, 5.41) is 9.53. The van der Waals surface area contributed by atoms with E-state index in [4.69, 9.17) is 44.6 Å². The molecule has 1 atom stereocenters. The van der Waals surface area contributed by atoms with E-state index in [-0.39, 0.29) is 28.1 Å². The number of alkyl halides is 1. The molecule has 1 N–H and O–H groups in total. The molecule has 0 radical (unpaired) electrons. The van der Waals surface area contributed by atoms with E-state index in [9.17, 15) is 4.79 Å². The number of hydrogen-bond donors (Lipinski definition) is 1. The highest BCUT2D eigenvalue weighted by Gasteiger charge is 2.25. The predicted molar refractivity (Wildman–Crippen MR) is 63.5 cm³/mol. The summed E-state index contributed by atoms with van der Waals surface area (Å²) in [6.07, 6.45) is -1.19.